The van der Waals surface area contributed by atoms with Crippen LogP contribution in [-0.4, -0.2) is 74.9 Å². The molecule has 0 aliphatic rings. The fourth-order valence-electron chi connectivity index (χ4n) is 6.91. The molecule has 13 nitrogen and oxygen atoms in total. The van der Waals surface area contributed by atoms with E-state index in [4.69, 9.17) is 5.73 Å². The van der Waals surface area contributed by atoms with Crippen LogP contribution in [0, 0.1) is 11.8 Å². The molecule has 4 amide bonds. The van der Waals surface area contributed by atoms with E-state index in [-0.39, 0.29) is 43.9 Å². The van der Waals surface area contributed by atoms with Gasteiger partial charge in [0.05, 0.1) is 6.04 Å². The van der Waals surface area contributed by atoms with Crippen LogP contribution < -0.4 is 27.0 Å². The molecular weight excluding hydrogens is 711 g/mol. The molecule has 2 aromatic heterocycles. The molecule has 296 valence electrons. The van der Waals surface area contributed by atoms with Crippen LogP contribution in [-0.2, 0) is 43.2 Å². The maximum Gasteiger partial charge on any atom is 0.326 e. The van der Waals surface area contributed by atoms with Gasteiger partial charge in [0.15, 0.2) is 0 Å². The molecule has 0 unspecified atom stereocenters. The van der Waals surface area contributed by atoms with Gasteiger partial charge in [-0.3, -0.25) is 19.2 Å². The molecule has 2 heterocycles. The number of aromatic nitrogens is 2. The van der Waals surface area contributed by atoms with E-state index in [0.29, 0.717) is 0 Å². The van der Waals surface area contributed by atoms with Crippen molar-refractivity contribution in [1.82, 2.24) is 31.2 Å². The van der Waals surface area contributed by atoms with Crippen LogP contribution in [0.3, 0.4) is 0 Å². The van der Waals surface area contributed by atoms with E-state index >= 15 is 0 Å². The number of hydrogen-bond donors (Lipinski definition) is 8. The monoisotopic (exact) mass is 763 g/mol. The van der Waals surface area contributed by atoms with E-state index in [0.717, 1.165) is 38.5 Å². The van der Waals surface area contributed by atoms with Crippen molar-refractivity contribution >= 4 is 51.4 Å². The Labute approximate surface area is 326 Å². The summed E-state index contributed by atoms with van der Waals surface area (Å²) < 4.78 is 0. The van der Waals surface area contributed by atoms with Gasteiger partial charge in [0.2, 0.25) is 23.6 Å². The van der Waals surface area contributed by atoms with Gasteiger partial charge in [0.25, 0.3) is 0 Å². The zero-order valence-corrected chi connectivity index (χ0v) is 32.3. The van der Waals surface area contributed by atoms with Gasteiger partial charge in [0.1, 0.15) is 24.2 Å². The van der Waals surface area contributed by atoms with Gasteiger partial charge >= 0.3 is 5.97 Å². The number of aromatic amines is 2. The van der Waals surface area contributed by atoms with Crippen LogP contribution in [0.1, 0.15) is 57.2 Å². The van der Waals surface area contributed by atoms with Gasteiger partial charge in [-0.2, -0.15) is 0 Å². The van der Waals surface area contributed by atoms with E-state index < -0.39 is 59.8 Å². The molecule has 13 heteroatoms. The molecule has 0 saturated heterocycles. The third kappa shape index (κ3) is 11.1. The summed E-state index contributed by atoms with van der Waals surface area (Å²) in [4.78, 5) is 74.3. The van der Waals surface area contributed by atoms with Gasteiger partial charge in [-0.25, -0.2) is 4.79 Å². The molecule has 0 bridgehead atoms. The van der Waals surface area contributed by atoms with Crippen molar-refractivity contribution in [3.8, 4) is 0 Å². The van der Waals surface area contributed by atoms with Crippen molar-refractivity contribution in [3.63, 3.8) is 0 Å². The van der Waals surface area contributed by atoms with E-state index in [1.807, 2.05) is 113 Å². The Hall–Kier alpha value is -5.95. The molecule has 0 spiro atoms. The number of carboxylic acid groups (broad SMARTS) is 1. The molecule has 56 heavy (non-hydrogen) atoms. The summed E-state index contributed by atoms with van der Waals surface area (Å²) >= 11 is 0. The number of nitrogens with two attached hydrogens (primary N) is 1. The number of aliphatic carboxylic acids is 1. The van der Waals surface area contributed by atoms with Gasteiger partial charge < -0.3 is 42.1 Å². The van der Waals surface area contributed by atoms with Crippen molar-refractivity contribution in [2.24, 2.45) is 17.6 Å². The molecule has 0 aliphatic heterocycles. The minimum Gasteiger partial charge on any atom is -0.480 e. The fraction of sp³-hybridized carbons (Fsp3) is 0.372. The Balaban J connectivity index is 1.40. The first-order chi connectivity index (χ1) is 26.8. The lowest BCUT2D eigenvalue weighted by Crippen LogP contribution is -2.59. The van der Waals surface area contributed by atoms with Crippen LogP contribution in [0.5, 0.6) is 0 Å². The first-order valence-electron chi connectivity index (χ1n) is 19.1. The van der Waals surface area contributed by atoms with E-state index in [9.17, 15) is 29.1 Å². The van der Waals surface area contributed by atoms with Crippen molar-refractivity contribution < 1.29 is 29.1 Å². The highest BCUT2D eigenvalue weighted by Crippen LogP contribution is 2.21. The molecule has 0 saturated carbocycles. The van der Waals surface area contributed by atoms with Crippen LogP contribution in [0.25, 0.3) is 21.8 Å². The van der Waals surface area contributed by atoms with Crippen LogP contribution in [0.2, 0.25) is 0 Å². The quantitative estimate of drug-likeness (QED) is 0.0616. The second-order valence-electron chi connectivity index (χ2n) is 15.3. The standard InChI is InChI=1S/C43H53N7O6/c1-25(2)18-35(40(52)50-38(43(55)56)19-26(3)4)48-42(54)37(22-29-24-46-34-17-11-9-15-31(29)34)49-41(53)36(20-27-12-6-5-7-13-27)47-39(51)32(44)21-28-23-45-33-16-10-8-14-30(28)33/h5-17,23-26,32,35-38,45-46H,18-22,44H2,1-4H3,(H,47,51)(H,48,54)(H,49,53)(H,50,52)(H,55,56)/t32-,35+,36+,37-,38+/m1/s1. The zero-order chi connectivity index (χ0) is 40.4. The summed E-state index contributed by atoms with van der Waals surface area (Å²) in [6.07, 6.45) is 4.41. The number of rotatable bonds is 19. The number of H-pyrrole nitrogens is 2. The highest BCUT2D eigenvalue weighted by Gasteiger charge is 2.33. The summed E-state index contributed by atoms with van der Waals surface area (Å²) in [6, 6.07) is 19.0. The molecule has 3 aromatic carbocycles. The number of amides is 4. The average molecular weight is 764 g/mol. The minimum atomic E-state index is -1.19. The number of carbonyl (C=O) groups excluding carboxylic acids is 4. The molecule has 0 radical (unpaired) electrons. The number of hydrogen-bond acceptors (Lipinski definition) is 6. The van der Waals surface area contributed by atoms with Crippen molar-refractivity contribution in [1.29, 1.82) is 0 Å². The zero-order valence-electron chi connectivity index (χ0n) is 32.3. The number of nitrogens with one attached hydrogen (secondary N) is 6. The third-order valence-electron chi connectivity index (χ3n) is 9.76. The normalized spacial score (nSPS) is 14.2. The Morgan fingerprint density at radius 1 is 0.554 bits per heavy atom. The number of fused-ring (bicyclic) bond motifs is 2. The highest BCUT2D eigenvalue weighted by atomic mass is 16.4. The highest BCUT2D eigenvalue weighted by molar-refractivity contribution is 5.96. The van der Waals surface area contributed by atoms with Gasteiger partial charge in [-0.05, 0) is 59.9 Å². The van der Waals surface area contributed by atoms with Crippen LogP contribution >= 0.6 is 0 Å². The maximum atomic E-state index is 14.3. The van der Waals surface area contributed by atoms with Gasteiger partial charge in [-0.15, -0.1) is 0 Å². The average Bonchev–Trinajstić information content (AvgIpc) is 3.77. The summed E-state index contributed by atoms with van der Waals surface area (Å²) in [7, 11) is 0. The lowest BCUT2D eigenvalue weighted by atomic mass is 9.99. The summed E-state index contributed by atoms with van der Waals surface area (Å²) in [6.45, 7) is 7.50. The molecule has 5 rings (SSSR count). The third-order valence-corrected chi connectivity index (χ3v) is 9.76. The molecule has 0 aliphatic carbocycles. The summed E-state index contributed by atoms with van der Waals surface area (Å²) in [5, 5.41) is 22.8. The van der Waals surface area contributed by atoms with E-state index in [1.54, 1.807) is 6.20 Å². The lowest BCUT2D eigenvalue weighted by molar-refractivity contribution is -0.143. The van der Waals surface area contributed by atoms with Gasteiger partial charge in [0, 0.05) is 47.0 Å². The summed E-state index contributed by atoms with van der Waals surface area (Å²) in [5.41, 5.74) is 10.6. The first kappa shape index (κ1) is 41.2. The van der Waals surface area contributed by atoms with E-state index in [1.165, 1.54) is 0 Å². The second kappa shape index (κ2) is 19.1. The Bertz CT molecular complexity index is 2120. The Morgan fingerprint density at radius 3 is 1.54 bits per heavy atom. The van der Waals surface area contributed by atoms with Crippen molar-refractivity contribution in [2.75, 3.05) is 0 Å². The number of para-hydroxylation sites is 2. The Kier molecular flexibility index (Phi) is 14.0. The van der Waals surface area contributed by atoms with Gasteiger partial charge in [-0.1, -0.05) is 94.4 Å². The summed E-state index contributed by atoms with van der Waals surface area (Å²) in [5.74, 6) is -3.63. The van der Waals surface area contributed by atoms with Crippen LogP contribution in [0.4, 0.5) is 0 Å². The smallest absolute Gasteiger partial charge is 0.326 e. The van der Waals surface area contributed by atoms with Crippen molar-refractivity contribution in [2.45, 2.75) is 90.0 Å². The predicted molar refractivity (Wildman–Crippen MR) is 216 cm³/mol. The molecule has 5 atom stereocenters. The topological polar surface area (TPSA) is 211 Å². The molecule has 9 N–H and O–H groups in total. The SMILES string of the molecule is CC(C)C[C@H](NC(=O)[C@H](CC(C)C)NC(=O)[C@@H](Cc1c[nH]c2ccccc12)NC(=O)[C@H](Cc1ccccc1)NC(=O)[C@H](N)Cc1c[nH]c2ccccc12)C(=O)O. The fourth-order valence-corrected chi connectivity index (χ4v) is 6.91. The molecule has 5 aromatic rings. The van der Waals surface area contributed by atoms with Crippen LogP contribution in [0.15, 0.2) is 91.3 Å². The number of carboxylic acids is 1. The number of carbonyl (C=O) groups is 5. The molecule has 0 fully saturated rings. The van der Waals surface area contributed by atoms with E-state index in [2.05, 4.69) is 31.2 Å². The lowest BCUT2D eigenvalue weighted by Gasteiger charge is -2.27. The maximum absolute atomic E-state index is 14.3. The predicted octanol–water partition coefficient (Wildman–Crippen LogP) is 4.12. The molecular formula is C43H53N7O6. The van der Waals surface area contributed by atoms with Crippen molar-refractivity contribution in [3.05, 3.63) is 108 Å². The minimum absolute atomic E-state index is 0.00213. The second-order valence-corrected chi connectivity index (χ2v) is 15.3. The number of benzene rings is 3. The largest absolute Gasteiger partial charge is 0.480 e. The first-order valence-corrected chi connectivity index (χ1v) is 19.1. The Morgan fingerprint density at radius 2 is 0.982 bits per heavy atom.